The first kappa shape index (κ1) is 14.6. The average Bonchev–Trinajstić information content (AvgIpc) is 2.33. The minimum absolute atomic E-state index is 0.615. The Bertz CT molecular complexity index is 340. The fraction of sp³-hybridized carbons (Fsp3) is 0.538. The van der Waals surface area contributed by atoms with Crippen molar-refractivity contribution in [3.8, 4) is 5.75 Å². The molecule has 0 saturated carbocycles. The molecule has 0 spiro atoms. The third kappa shape index (κ3) is 5.15. The lowest BCUT2D eigenvalue weighted by atomic mass is 10.3. The van der Waals surface area contributed by atoms with E-state index in [4.69, 9.17) is 27.9 Å². The van der Waals surface area contributed by atoms with Crippen LogP contribution < -0.4 is 9.64 Å². The monoisotopic (exact) mass is 276 g/mol. The normalized spacial score (nSPS) is 10.9. The molecule has 0 unspecified atom stereocenters. The molecular formula is C13H20Cl2NO+. The van der Waals surface area contributed by atoms with Gasteiger partial charge in [0.25, 0.3) is 0 Å². The second-order valence-corrected chi connectivity index (χ2v) is 4.83. The van der Waals surface area contributed by atoms with Crippen molar-refractivity contribution >= 4 is 23.2 Å². The Labute approximate surface area is 113 Å². The molecule has 0 aliphatic rings. The summed E-state index contributed by atoms with van der Waals surface area (Å²) in [6, 6.07) is 5.28. The maximum absolute atomic E-state index is 6.00. The molecule has 0 fully saturated rings. The summed E-state index contributed by atoms with van der Waals surface area (Å²) in [5.41, 5.74) is 0. The Morgan fingerprint density at radius 3 is 2.53 bits per heavy atom. The highest BCUT2D eigenvalue weighted by Gasteiger charge is 2.04. The van der Waals surface area contributed by atoms with Gasteiger partial charge in [-0.25, -0.2) is 0 Å². The van der Waals surface area contributed by atoms with Crippen LogP contribution in [-0.4, -0.2) is 26.2 Å². The molecular weight excluding hydrogens is 257 g/mol. The van der Waals surface area contributed by atoms with Crippen molar-refractivity contribution in [2.45, 2.75) is 20.3 Å². The number of hydrogen-bond donors (Lipinski definition) is 1. The van der Waals surface area contributed by atoms with E-state index in [0.29, 0.717) is 22.4 Å². The SMILES string of the molecule is CC[NH+](CC)CCCOc1cc(Cl)ccc1Cl. The molecule has 2 nitrogen and oxygen atoms in total. The molecule has 1 rings (SSSR count). The first-order valence-corrected chi connectivity index (χ1v) is 6.84. The van der Waals surface area contributed by atoms with Gasteiger partial charge in [0.2, 0.25) is 0 Å². The van der Waals surface area contributed by atoms with E-state index in [1.807, 2.05) is 0 Å². The predicted octanol–water partition coefficient (Wildman–Crippen LogP) is 2.69. The van der Waals surface area contributed by atoms with Crippen LogP contribution >= 0.6 is 23.2 Å². The first-order chi connectivity index (χ1) is 8.17. The largest absolute Gasteiger partial charge is 0.492 e. The minimum Gasteiger partial charge on any atom is -0.492 e. The smallest absolute Gasteiger partial charge is 0.139 e. The average molecular weight is 277 g/mol. The van der Waals surface area contributed by atoms with Crippen LogP contribution in [0.3, 0.4) is 0 Å². The molecule has 0 radical (unpaired) electrons. The summed E-state index contributed by atoms with van der Waals surface area (Å²) >= 11 is 11.9. The number of ether oxygens (including phenoxy) is 1. The van der Waals surface area contributed by atoms with E-state index in [0.717, 1.165) is 26.1 Å². The van der Waals surface area contributed by atoms with Crippen LogP contribution in [0.25, 0.3) is 0 Å². The van der Waals surface area contributed by atoms with Gasteiger partial charge in [0.15, 0.2) is 0 Å². The van der Waals surface area contributed by atoms with E-state index in [1.165, 1.54) is 0 Å². The van der Waals surface area contributed by atoms with Crippen LogP contribution in [0.5, 0.6) is 5.75 Å². The number of benzene rings is 1. The second kappa shape index (κ2) is 7.80. The molecule has 17 heavy (non-hydrogen) atoms. The lowest BCUT2D eigenvalue weighted by Gasteiger charge is -2.15. The van der Waals surface area contributed by atoms with Gasteiger partial charge < -0.3 is 9.64 Å². The number of quaternary nitrogens is 1. The van der Waals surface area contributed by atoms with Crippen molar-refractivity contribution in [1.29, 1.82) is 0 Å². The molecule has 0 heterocycles. The van der Waals surface area contributed by atoms with E-state index < -0.39 is 0 Å². The fourth-order valence-corrected chi connectivity index (χ4v) is 2.03. The Morgan fingerprint density at radius 1 is 1.18 bits per heavy atom. The zero-order chi connectivity index (χ0) is 12.7. The quantitative estimate of drug-likeness (QED) is 0.756. The highest BCUT2D eigenvalue weighted by molar-refractivity contribution is 6.34. The summed E-state index contributed by atoms with van der Waals surface area (Å²) in [6.07, 6.45) is 1.03. The van der Waals surface area contributed by atoms with Crippen molar-refractivity contribution in [3.05, 3.63) is 28.2 Å². The zero-order valence-electron chi connectivity index (χ0n) is 10.4. The summed E-state index contributed by atoms with van der Waals surface area (Å²) in [5.74, 6) is 0.675. The third-order valence-electron chi connectivity index (χ3n) is 2.83. The van der Waals surface area contributed by atoms with Gasteiger partial charge in [-0.1, -0.05) is 23.2 Å². The maximum atomic E-state index is 6.00. The Hall–Kier alpha value is -0.440. The van der Waals surface area contributed by atoms with Gasteiger partial charge in [-0.3, -0.25) is 0 Å². The van der Waals surface area contributed by atoms with Crippen LogP contribution in [0, 0.1) is 0 Å². The lowest BCUT2D eigenvalue weighted by molar-refractivity contribution is -0.896. The van der Waals surface area contributed by atoms with Crippen molar-refractivity contribution in [3.63, 3.8) is 0 Å². The highest BCUT2D eigenvalue weighted by atomic mass is 35.5. The number of rotatable bonds is 7. The van der Waals surface area contributed by atoms with Crippen molar-refractivity contribution < 1.29 is 9.64 Å². The molecule has 1 aromatic rings. The van der Waals surface area contributed by atoms with Gasteiger partial charge in [0, 0.05) is 17.5 Å². The van der Waals surface area contributed by atoms with Crippen LogP contribution in [-0.2, 0) is 0 Å². The molecule has 0 bridgehead atoms. The van der Waals surface area contributed by atoms with Crippen LogP contribution in [0.15, 0.2) is 18.2 Å². The molecule has 0 saturated heterocycles. The van der Waals surface area contributed by atoms with Gasteiger partial charge in [-0.2, -0.15) is 0 Å². The zero-order valence-corrected chi connectivity index (χ0v) is 11.9. The van der Waals surface area contributed by atoms with Gasteiger partial charge in [0.05, 0.1) is 31.3 Å². The van der Waals surface area contributed by atoms with E-state index in [-0.39, 0.29) is 0 Å². The van der Waals surface area contributed by atoms with E-state index in [2.05, 4.69) is 13.8 Å². The molecule has 0 aliphatic heterocycles. The first-order valence-electron chi connectivity index (χ1n) is 6.08. The summed E-state index contributed by atoms with van der Waals surface area (Å²) in [5, 5.41) is 1.27. The number of hydrogen-bond acceptors (Lipinski definition) is 1. The third-order valence-corrected chi connectivity index (χ3v) is 3.37. The van der Waals surface area contributed by atoms with Gasteiger partial charge in [0.1, 0.15) is 5.75 Å². The van der Waals surface area contributed by atoms with E-state index in [1.54, 1.807) is 23.1 Å². The molecule has 0 atom stereocenters. The molecule has 0 aliphatic carbocycles. The van der Waals surface area contributed by atoms with Crippen molar-refractivity contribution in [2.24, 2.45) is 0 Å². The topological polar surface area (TPSA) is 13.7 Å². The molecule has 0 aromatic heterocycles. The highest BCUT2D eigenvalue weighted by Crippen LogP contribution is 2.27. The maximum Gasteiger partial charge on any atom is 0.139 e. The second-order valence-electron chi connectivity index (χ2n) is 3.98. The van der Waals surface area contributed by atoms with Crippen molar-refractivity contribution in [2.75, 3.05) is 26.2 Å². The molecule has 4 heteroatoms. The van der Waals surface area contributed by atoms with Crippen molar-refractivity contribution in [1.82, 2.24) is 0 Å². The van der Waals surface area contributed by atoms with E-state index >= 15 is 0 Å². The van der Waals surface area contributed by atoms with Crippen LogP contribution in [0.2, 0.25) is 10.0 Å². The number of halogens is 2. The Morgan fingerprint density at radius 2 is 1.88 bits per heavy atom. The number of nitrogens with one attached hydrogen (secondary N) is 1. The summed E-state index contributed by atoms with van der Waals surface area (Å²) in [7, 11) is 0. The van der Waals surface area contributed by atoms with Crippen LogP contribution in [0.1, 0.15) is 20.3 Å². The Kier molecular flexibility index (Phi) is 6.71. The Balaban J connectivity index is 2.33. The fourth-order valence-electron chi connectivity index (χ4n) is 1.70. The van der Waals surface area contributed by atoms with Gasteiger partial charge >= 0.3 is 0 Å². The molecule has 96 valence electrons. The summed E-state index contributed by atoms with van der Waals surface area (Å²) in [4.78, 5) is 1.59. The summed E-state index contributed by atoms with van der Waals surface area (Å²) in [6.45, 7) is 8.54. The standard InChI is InChI=1S/C13H19Cl2NO/c1-3-16(4-2)8-5-9-17-13-10-11(14)6-7-12(13)15/h6-7,10H,3-5,8-9H2,1-2H3/p+1. The van der Waals surface area contributed by atoms with Crippen LogP contribution in [0.4, 0.5) is 0 Å². The van der Waals surface area contributed by atoms with Gasteiger partial charge in [-0.05, 0) is 26.0 Å². The minimum atomic E-state index is 0.615. The molecule has 0 amide bonds. The van der Waals surface area contributed by atoms with E-state index in [9.17, 15) is 0 Å². The summed E-state index contributed by atoms with van der Waals surface area (Å²) < 4.78 is 5.63. The predicted molar refractivity (Wildman–Crippen MR) is 73.5 cm³/mol. The van der Waals surface area contributed by atoms with Gasteiger partial charge in [-0.15, -0.1) is 0 Å². The molecule has 1 aromatic carbocycles. The lowest BCUT2D eigenvalue weighted by Crippen LogP contribution is -3.11. The molecule has 1 N–H and O–H groups in total.